The summed E-state index contributed by atoms with van der Waals surface area (Å²) < 4.78 is 107. The minimum Gasteiger partial charge on any atom is -0.483 e. The standard InChI is InChI=1S/C13H10F6O4S/c1-11(2)6-9(12(14,15)16)8-4-3-7(5-10(8)22-11)23-24(20,21)13(17,18)19/h3-6H,1-2H3. The lowest BCUT2D eigenvalue weighted by atomic mass is 9.94. The Kier molecular flexibility index (Phi) is 4.07. The molecule has 0 aromatic heterocycles. The molecule has 1 aliphatic rings. The number of fused-ring (bicyclic) bond motifs is 1. The van der Waals surface area contributed by atoms with Crippen LogP contribution in [0, 0.1) is 0 Å². The Morgan fingerprint density at radius 3 is 2.17 bits per heavy atom. The van der Waals surface area contributed by atoms with E-state index in [4.69, 9.17) is 4.74 Å². The molecule has 2 rings (SSSR count). The molecule has 0 saturated heterocycles. The number of hydrogen-bond acceptors (Lipinski definition) is 4. The predicted molar refractivity (Wildman–Crippen MR) is 70.8 cm³/mol. The minimum absolute atomic E-state index is 0.432. The van der Waals surface area contributed by atoms with Gasteiger partial charge in [-0.25, -0.2) is 0 Å². The Labute approximate surface area is 132 Å². The van der Waals surface area contributed by atoms with E-state index in [0.29, 0.717) is 12.1 Å². The largest absolute Gasteiger partial charge is 0.534 e. The van der Waals surface area contributed by atoms with Gasteiger partial charge < -0.3 is 8.92 Å². The van der Waals surface area contributed by atoms with Gasteiger partial charge in [-0.15, -0.1) is 0 Å². The summed E-state index contributed by atoms with van der Waals surface area (Å²) in [6.07, 6.45) is -3.90. The molecule has 0 aliphatic carbocycles. The third kappa shape index (κ3) is 3.60. The predicted octanol–water partition coefficient (Wildman–Crippen LogP) is 4.03. The molecule has 0 amide bonds. The lowest BCUT2D eigenvalue weighted by Gasteiger charge is -2.32. The summed E-state index contributed by atoms with van der Waals surface area (Å²) in [6.45, 7) is 2.61. The van der Waals surface area contributed by atoms with E-state index in [1.54, 1.807) is 0 Å². The zero-order chi connectivity index (χ0) is 18.6. The Morgan fingerprint density at radius 2 is 1.67 bits per heavy atom. The van der Waals surface area contributed by atoms with Crippen LogP contribution in [0.5, 0.6) is 11.5 Å². The van der Waals surface area contributed by atoms with E-state index in [2.05, 4.69) is 4.18 Å². The van der Waals surface area contributed by atoms with Crippen molar-refractivity contribution < 1.29 is 43.7 Å². The van der Waals surface area contributed by atoms with Crippen LogP contribution in [0.4, 0.5) is 26.3 Å². The van der Waals surface area contributed by atoms with E-state index in [0.717, 1.165) is 12.1 Å². The first-order chi connectivity index (χ1) is 10.6. The van der Waals surface area contributed by atoms with Crippen LogP contribution in [0.3, 0.4) is 0 Å². The highest BCUT2D eigenvalue weighted by molar-refractivity contribution is 7.88. The molecular weight excluding hydrogens is 366 g/mol. The van der Waals surface area contributed by atoms with Crippen molar-refractivity contribution in [3.8, 4) is 11.5 Å². The second-order valence-electron chi connectivity index (χ2n) is 5.40. The molecule has 0 unspecified atom stereocenters. The number of allylic oxidation sites excluding steroid dienone is 1. The maximum Gasteiger partial charge on any atom is 0.534 e. The SMILES string of the molecule is CC1(C)C=C(C(F)(F)F)c2ccc(OS(=O)(=O)C(F)(F)F)cc2O1. The van der Waals surface area contributed by atoms with Crippen molar-refractivity contribution in [2.24, 2.45) is 0 Å². The van der Waals surface area contributed by atoms with Gasteiger partial charge in [0, 0.05) is 11.6 Å². The molecule has 1 aromatic carbocycles. The van der Waals surface area contributed by atoms with Crippen LogP contribution in [0.25, 0.3) is 5.57 Å². The van der Waals surface area contributed by atoms with E-state index >= 15 is 0 Å². The maximum absolute atomic E-state index is 13.1. The molecule has 134 valence electrons. The molecule has 1 aliphatic heterocycles. The van der Waals surface area contributed by atoms with Crippen LogP contribution in [0.1, 0.15) is 19.4 Å². The molecule has 0 atom stereocenters. The molecule has 0 spiro atoms. The zero-order valence-corrected chi connectivity index (χ0v) is 12.9. The van der Waals surface area contributed by atoms with Gasteiger partial charge >= 0.3 is 21.8 Å². The molecule has 0 radical (unpaired) electrons. The quantitative estimate of drug-likeness (QED) is 0.444. The highest BCUT2D eigenvalue weighted by Crippen LogP contribution is 2.45. The molecule has 1 heterocycles. The van der Waals surface area contributed by atoms with E-state index in [-0.39, 0.29) is 0 Å². The summed E-state index contributed by atoms with van der Waals surface area (Å²) in [7, 11) is -5.94. The first-order valence-corrected chi connectivity index (χ1v) is 7.67. The highest BCUT2D eigenvalue weighted by atomic mass is 32.2. The monoisotopic (exact) mass is 376 g/mol. The maximum atomic E-state index is 13.1. The third-order valence-corrected chi connectivity index (χ3v) is 3.88. The highest BCUT2D eigenvalue weighted by Gasteiger charge is 2.49. The van der Waals surface area contributed by atoms with Gasteiger partial charge in [-0.3, -0.25) is 0 Å². The molecule has 0 bridgehead atoms. The van der Waals surface area contributed by atoms with Gasteiger partial charge in [0.1, 0.15) is 17.1 Å². The third-order valence-electron chi connectivity index (χ3n) is 2.90. The first-order valence-electron chi connectivity index (χ1n) is 6.27. The van der Waals surface area contributed by atoms with Crippen LogP contribution in [0.2, 0.25) is 0 Å². The van der Waals surface area contributed by atoms with Crippen LogP contribution in [-0.2, 0) is 10.1 Å². The fraction of sp³-hybridized carbons (Fsp3) is 0.385. The van der Waals surface area contributed by atoms with Crippen molar-refractivity contribution in [2.45, 2.75) is 31.1 Å². The first kappa shape index (κ1) is 18.4. The van der Waals surface area contributed by atoms with Crippen molar-refractivity contribution in [1.82, 2.24) is 0 Å². The van der Waals surface area contributed by atoms with Gasteiger partial charge in [0.2, 0.25) is 0 Å². The summed E-state index contributed by atoms with van der Waals surface area (Å²) in [6, 6.07) is 2.13. The summed E-state index contributed by atoms with van der Waals surface area (Å²) in [4.78, 5) is 0. The van der Waals surface area contributed by atoms with Gasteiger partial charge in [0.15, 0.2) is 0 Å². The lowest BCUT2D eigenvalue weighted by molar-refractivity contribution is -0.0709. The average molecular weight is 376 g/mol. The number of benzene rings is 1. The Hall–Kier alpha value is -1.91. The number of rotatable bonds is 2. The number of halogens is 6. The van der Waals surface area contributed by atoms with E-state index < -0.39 is 50.0 Å². The van der Waals surface area contributed by atoms with Crippen LogP contribution in [0.15, 0.2) is 24.3 Å². The van der Waals surface area contributed by atoms with Crippen molar-refractivity contribution in [2.75, 3.05) is 0 Å². The van der Waals surface area contributed by atoms with E-state index in [9.17, 15) is 34.8 Å². The summed E-state index contributed by atoms with van der Waals surface area (Å²) >= 11 is 0. The average Bonchev–Trinajstić information content (AvgIpc) is 2.33. The molecule has 0 N–H and O–H groups in total. The fourth-order valence-corrected chi connectivity index (χ4v) is 2.46. The lowest BCUT2D eigenvalue weighted by Crippen LogP contribution is -2.32. The molecule has 0 fully saturated rings. The van der Waals surface area contributed by atoms with Gasteiger partial charge in [-0.05, 0) is 32.1 Å². The topological polar surface area (TPSA) is 52.6 Å². The van der Waals surface area contributed by atoms with Gasteiger partial charge in [0.25, 0.3) is 0 Å². The summed E-state index contributed by atoms with van der Waals surface area (Å²) in [5, 5.41) is 0. The fourth-order valence-electron chi connectivity index (χ4n) is 2.01. The smallest absolute Gasteiger partial charge is 0.483 e. The van der Waals surface area contributed by atoms with Crippen molar-refractivity contribution in [3.63, 3.8) is 0 Å². The second-order valence-corrected chi connectivity index (χ2v) is 6.94. The number of alkyl halides is 6. The number of ether oxygens (including phenoxy) is 1. The van der Waals surface area contributed by atoms with Crippen LogP contribution in [-0.4, -0.2) is 25.7 Å². The molecule has 1 aromatic rings. The van der Waals surface area contributed by atoms with Crippen LogP contribution >= 0.6 is 0 Å². The molecule has 11 heteroatoms. The Balaban J connectivity index is 2.48. The molecule has 24 heavy (non-hydrogen) atoms. The molecule has 0 saturated carbocycles. The normalized spacial score (nSPS) is 17.6. The van der Waals surface area contributed by atoms with Crippen molar-refractivity contribution >= 4 is 15.7 Å². The van der Waals surface area contributed by atoms with Gasteiger partial charge in [-0.2, -0.15) is 34.8 Å². The molecular formula is C13H10F6O4S. The van der Waals surface area contributed by atoms with Gasteiger partial charge in [-0.1, -0.05) is 0 Å². The van der Waals surface area contributed by atoms with Crippen molar-refractivity contribution in [1.29, 1.82) is 0 Å². The second kappa shape index (κ2) is 5.30. The Bertz CT molecular complexity index is 790. The summed E-state index contributed by atoms with van der Waals surface area (Å²) in [5.41, 5.74) is -8.54. The van der Waals surface area contributed by atoms with E-state index in [1.807, 2.05) is 0 Å². The van der Waals surface area contributed by atoms with Crippen molar-refractivity contribution in [3.05, 3.63) is 29.8 Å². The van der Waals surface area contributed by atoms with E-state index in [1.165, 1.54) is 13.8 Å². The Morgan fingerprint density at radius 1 is 1.08 bits per heavy atom. The zero-order valence-electron chi connectivity index (χ0n) is 12.1. The molecule has 4 nitrogen and oxygen atoms in total. The van der Waals surface area contributed by atoms with Gasteiger partial charge in [0.05, 0.1) is 5.57 Å². The van der Waals surface area contributed by atoms with Crippen LogP contribution < -0.4 is 8.92 Å². The summed E-state index contributed by atoms with van der Waals surface area (Å²) in [5.74, 6) is -1.25. The number of hydrogen-bond donors (Lipinski definition) is 0. The minimum atomic E-state index is -5.94.